The third kappa shape index (κ3) is 2.84. The van der Waals surface area contributed by atoms with Crippen LogP contribution in [0.2, 0.25) is 0 Å². The van der Waals surface area contributed by atoms with Crippen molar-refractivity contribution in [1.82, 2.24) is 24.6 Å². The van der Waals surface area contributed by atoms with Crippen LogP contribution in [0.4, 0.5) is 10.2 Å². The lowest BCUT2D eigenvalue weighted by molar-refractivity contribution is 0.0711. The van der Waals surface area contributed by atoms with Gasteiger partial charge in [0.15, 0.2) is 11.6 Å². The first-order valence-corrected chi connectivity index (χ1v) is 10.4. The summed E-state index contributed by atoms with van der Waals surface area (Å²) >= 11 is 0. The van der Waals surface area contributed by atoms with Gasteiger partial charge in [0.1, 0.15) is 28.9 Å². The molecule has 32 heavy (non-hydrogen) atoms. The van der Waals surface area contributed by atoms with E-state index in [0.29, 0.717) is 46.5 Å². The van der Waals surface area contributed by atoms with Gasteiger partial charge in [-0.3, -0.25) is 0 Å². The van der Waals surface area contributed by atoms with E-state index in [1.54, 1.807) is 10.6 Å². The van der Waals surface area contributed by atoms with E-state index in [1.165, 1.54) is 6.33 Å². The smallest absolute Gasteiger partial charge is 0.158 e. The Morgan fingerprint density at radius 2 is 1.78 bits per heavy atom. The molecule has 0 radical (unpaired) electrons. The van der Waals surface area contributed by atoms with Crippen molar-refractivity contribution in [1.29, 1.82) is 0 Å². The van der Waals surface area contributed by atoms with E-state index in [1.807, 2.05) is 48.5 Å². The van der Waals surface area contributed by atoms with Crippen LogP contribution in [0.15, 0.2) is 60.9 Å². The van der Waals surface area contributed by atoms with Crippen LogP contribution < -0.4 is 5.73 Å². The molecule has 7 nitrogen and oxygen atoms in total. The normalized spacial score (nSPS) is 18.2. The molecule has 0 saturated heterocycles. The van der Waals surface area contributed by atoms with Crippen molar-refractivity contribution in [2.75, 3.05) is 5.73 Å². The van der Waals surface area contributed by atoms with Crippen molar-refractivity contribution in [3.05, 3.63) is 72.6 Å². The lowest BCUT2D eigenvalue weighted by Crippen LogP contribution is -2.28. The van der Waals surface area contributed by atoms with Gasteiger partial charge in [0, 0.05) is 22.4 Å². The molecule has 2 aromatic carbocycles. The minimum atomic E-state index is -0.469. The van der Waals surface area contributed by atoms with Crippen molar-refractivity contribution in [2.45, 2.75) is 24.9 Å². The summed E-state index contributed by atoms with van der Waals surface area (Å²) in [4.78, 5) is 13.4. The molecule has 0 spiro atoms. The molecular formula is C24H19FN6O. The zero-order valence-corrected chi connectivity index (χ0v) is 17.0. The Bertz CT molecular complexity index is 1480. The molecule has 1 saturated carbocycles. The van der Waals surface area contributed by atoms with Gasteiger partial charge in [0.05, 0.1) is 11.8 Å². The van der Waals surface area contributed by atoms with Crippen molar-refractivity contribution < 1.29 is 9.50 Å². The second-order valence-electron chi connectivity index (χ2n) is 8.11. The van der Waals surface area contributed by atoms with E-state index < -0.39 is 5.82 Å². The average molecular weight is 426 g/mol. The molecule has 1 fully saturated rings. The fourth-order valence-electron chi connectivity index (χ4n) is 4.33. The monoisotopic (exact) mass is 426 g/mol. The molecule has 0 unspecified atom stereocenters. The lowest BCUT2D eigenvalue weighted by Gasteiger charge is -2.29. The minimum absolute atomic E-state index is 0.0341. The van der Waals surface area contributed by atoms with Crippen molar-refractivity contribution >= 4 is 22.2 Å². The number of rotatable bonds is 3. The first kappa shape index (κ1) is 18.8. The predicted molar refractivity (Wildman–Crippen MR) is 119 cm³/mol. The van der Waals surface area contributed by atoms with Crippen LogP contribution in [-0.4, -0.2) is 35.8 Å². The van der Waals surface area contributed by atoms with Gasteiger partial charge in [0.25, 0.3) is 0 Å². The number of nitrogens with zero attached hydrogens (tertiary/aromatic N) is 5. The maximum absolute atomic E-state index is 15.8. The summed E-state index contributed by atoms with van der Waals surface area (Å²) in [5, 5.41) is 14.8. The highest BCUT2D eigenvalue weighted by Gasteiger charge is 2.34. The summed E-state index contributed by atoms with van der Waals surface area (Å²) in [5.41, 5.74) is 9.16. The molecule has 0 bridgehead atoms. The number of hydrogen-bond acceptors (Lipinski definition) is 6. The Labute approximate surface area is 182 Å². The maximum atomic E-state index is 15.8. The number of nitrogen functional groups attached to an aromatic ring is 1. The lowest BCUT2D eigenvalue weighted by atomic mass is 9.82. The average Bonchev–Trinajstić information content (AvgIpc) is 3.18. The number of aliphatic hydroxyl groups is 1. The minimum Gasteiger partial charge on any atom is -0.393 e. The number of nitrogens with two attached hydrogens (primary N) is 1. The zero-order chi connectivity index (χ0) is 21.8. The molecule has 6 rings (SSSR count). The van der Waals surface area contributed by atoms with Gasteiger partial charge in [-0.05, 0) is 25.0 Å². The molecule has 8 heteroatoms. The van der Waals surface area contributed by atoms with Crippen molar-refractivity contribution in [3.8, 4) is 22.5 Å². The van der Waals surface area contributed by atoms with E-state index in [2.05, 4.69) is 15.1 Å². The fraction of sp³-hybridized carbons (Fsp3) is 0.167. The summed E-state index contributed by atoms with van der Waals surface area (Å²) in [7, 11) is 0. The fourth-order valence-corrected chi connectivity index (χ4v) is 4.33. The van der Waals surface area contributed by atoms with Crippen LogP contribution in [0.1, 0.15) is 24.6 Å². The number of imidazole rings is 1. The van der Waals surface area contributed by atoms with Crippen LogP contribution in [0, 0.1) is 5.82 Å². The van der Waals surface area contributed by atoms with E-state index in [0.717, 1.165) is 5.56 Å². The number of pyridine rings is 1. The standard InChI is InChI=1S/C24H19FN6O/c25-19-17(8-6-14-7-9-18(29-20(14)19)13-4-2-1-3-5-13)21-22-23(26)27-12-28-31(22)24(30-21)15-10-16(32)11-15/h1-9,12,15-16,32H,10-11H2,(H2,26,27,28). The van der Waals surface area contributed by atoms with Crippen LogP contribution >= 0.6 is 0 Å². The number of benzene rings is 2. The number of hydrogen-bond donors (Lipinski definition) is 2. The summed E-state index contributed by atoms with van der Waals surface area (Å²) in [6.45, 7) is 0. The molecule has 1 aliphatic carbocycles. The molecule has 3 N–H and O–H groups in total. The number of aromatic nitrogens is 5. The summed E-state index contributed by atoms with van der Waals surface area (Å²) in [6, 6.07) is 16.9. The largest absolute Gasteiger partial charge is 0.393 e. The van der Waals surface area contributed by atoms with E-state index in [-0.39, 0.29) is 23.4 Å². The third-order valence-electron chi connectivity index (χ3n) is 6.09. The summed E-state index contributed by atoms with van der Waals surface area (Å²) in [5.74, 6) is 0.439. The van der Waals surface area contributed by atoms with E-state index in [4.69, 9.17) is 10.7 Å². The zero-order valence-electron chi connectivity index (χ0n) is 17.0. The Morgan fingerprint density at radius 3 is 2.56 bits per heavy atom. The van der Waals surface area contributed by atoms with Crippen LogP contribution in [0.3, 0.4) is 0 Å². The topological polar surface area (TPSA) is 102 Å². The van der Waals surface area contributed by atoms with Gasteiger partial charge in [0.2, 0.25) is 0 Å². The third-order valence-corrected chi connectivity index (χ3v) is 6.09. The SMILES string of the molecule is Nc1ncnn2c(C3CC(O)C3)nc(-c3ccc4ccc(-c5ccccc5)nc4c3F)c12. The molecule has 0 atom stereocenters. The molecule has 158 valence electrons. The first-order chi connectivity index (χ1) is 15.6. The predicted octanol–water partition coefficient (Wildman–Crippen LogP) is 3.97. The second-order valence-corrected chi connectivity index (χ2v) is 8.11. The number of anilines is 1. The first-order valence-electron chi connectivity index (χ1n) is 10.4. The van der Waals surface area contributed by atoms with Crippen LogP contribution in [-0.2, 0) is 0 Å². The Balaban J connectivity index is 1.56. The summed E-state index contributed by atoms with van der Waals surface area (Å²) in [6.07, 6.45) is 2.18. The molecule has 3 aromatic heterocycles. The van der Waals surface area contributed by atoms with Crippen LogP contribution in [0.5, 0.6) is 0 Å². The van der Waals surface area contributed by atoms with Gasteiger partial charge >= 0.3 is 0 Å². The molecule has 0 amide bonds. The maximum Gasteiger partial charge on any atom is 0.158 e. The molecule has 0 aliphatic heterocycles. The van der Waals surface area contributed by atoms with E-state index >= 15 is 4.39 Å². The van der Waals surface area contributed by atoms with Gasteiger partial charge in [-0.25, -0.2) is 23.9 Å². The number of aliphatic hydroxyl groups excluding tert-OH is 1. The Kier molecular flexibility index (Phi) is 4.16. The van der Waals surface area contributed by atoms with E-state index in [9.17, 15) is 5.11 Å². The highest BCUT2D eigenvalue weighted by atomic mass is 19.1. The van der Waals surface area contributed by atoms with Crippen molar-refractivity contribution in [3.63, 3.8) is 0 Å². The second kappa shape index (κ2) is 7.06. The molecular weight excluding hydrogens is 407 g/mol. The Morgan fingerprint density at radius 1 is 1.00 bits per heavy atom. The highest BCUT2D eigenvalue weighted by Crippen LogP contribution is 2.40. The quantitative estimate of drug-likeness (QED) is 0.453. The molecule has 1 aliphatic rings. The summed E-state index contributed by atoms with van der Waals surface area (Å²) < 4.78 is 17.5. The Hall–Kier alpha value is -3.91. The molecule has 5 aromatic rings. The molecule has 3 heterocycles. The van der Waals surface area contributed by atoms with Gasteiger partial charge in [-0.1, -0.05) is 42.5 Å². The van der Waals surface area contributed by atoms with Gasteiger partial charge < -0.3 is 10.8 Å². The van der Waals surface area contributed by atoms with Crippen molar-refractivity contribution in [2.24, 2.45) is 0 Å². The van der Waals surface area contributed by atoms with Gasteiger partial charge in [-0.15, -0.1) is 0 Å². The highest BCUT2D eigenvalue weighted by molar-refractivity contribution is 5.91. The van der Waals surface area contributed by atoms with Crippen LogP contribution in [0.25, 0.3) is 38.9 Å². The van der Waals surface area contributed by atoms with Gasteiger partial charge in [-0.2, -0.15) is 5.10 Å². The number of halogens is 1. The number of fused-ring (bicyclic) bond motifs is 2.